The molecule has 29 heavy (non-hydrogen) atoms. The second-order valence-corrected chi connectivity index (χ2v) is 7.32. The molecular weight excluding hydrogens is 382 g/mol. The smallest absolute Gasteiger partial charge is 0.339 e. The van der Waals surface area contributed by atoms with E-state index in [1.54, 1.807) is 4.90 Å². The van der Waals surface area contributed by atoms with Gasteiger partial charge in [0.15, 0.2) is 0 Å². The average molecular weight is 404 g/mol. The molecule has 154 valence electrons. The summed E-state index contributed by atoms with van der Waals surface area (Å²) in [5, 5.41) is 10.0. The minimum atomic E-state index is -0.724. The van der Waals surface area contributed by atoms with Crippen molar-refractivity contribution in [2.75, 3.05) is 26.8 Å². The molecule has 1 atom stereocenters. The van der Waals surface area contributed by atoms with Gasteiger partial charge in [0.05, 0.1) is 19.3 Å². The zero-order valence-corrected chi connectivity index (χ0v) is 16.0. The minimum absolute atomic E-state index is 0.166. The summed E-state index contributed by atoms with van der Waals surface area (Å²) in [7, 11) is 1.26. The average Bonchev–Trinajstić information content (AvgIpc) is 2.75. The maximum Gasteiger partial charge on any atom is 0.339 e. The van der Waals surface area contributed by atoms with Crippen molar-refractivity contribution in [3.8, 4) is 0 Å². The number of amides is 1. The summed E-state index contributed by atoms with van der Waals surface area (Å²) in [5.41, 5.74) is -0.0210. The largest absolute Gasteiger partial charge is 0.465 e. The topological polar surface area (TPSA) is 79.7 Å². The highest BCUT2D eigenvalue weighted by Gasteiger charge is 2.38. The van der Waals surface area contributed by atoms with E-state index in [1.807, 2.05) is 0 Å². The molecule has 1 aliphatic rings. The zero-order chi connectivity index (χ0) is 21.0. The van der Waals surface area contributed by atoms with E-state index < -0.39 is 23.0 Å². The standard InChI is InChI=1S/C21H22F2N2O4/c1-29-20(28)15-4-6-18(24-11-15)19(27)25-8-2-7-21(12-25,13-26)10-14-3-5-16(22)9-17(14)23/h3-6,9,11,26H,2,7-8,10,12-13H2,1H3. The molecule has 2 aromatic rings. The Morgan fingerprint density at radius 3 is 2.69 bits per heavy atom. The maximum absolute atomic E-state index is 14.1. The molecule has 1 amide bonds. The van der Waals surface area contributed by atoms with Gasteiger partial charge in [0, 0.05) is 30.8 Å². The van der Waals surface area contributed by atoms with Gasteiger partial charge in [-0.05, 0) is 43.0 Å². The minimum Gasteiger partial charge on any atom is -0.465 e. The highest BCUT2D eigenvalue weighted by molar-refractivity contribution is 5.94. The third-order valence-corrected chi connectivity index (χ3v) is 5.27. The van der Waals surface area contributed by atoms with Crippen molar-refractivity contribution in [3.63, 3.8) is 0 Å². The number of aliphatic hydroxyl groups is 1. The van der Waals surface area contributed by atoms with Crippen molar-refractivity contribution in [2.24, 2.45) is 5.41 Å². The summed E-state index contributed by atoms with van der Waals surface area (Å²) in [6, 6.07) is 6.28. The first-order chi connectivity index (χ1) is 13.9. The Labute approximate surface area is 167 Å². The summed E-state index contributed by atoms with van der Waals surface area (Å²) < 4.78 is 31.9. The molecule has 3 rings (SSSR count). The van der Waals surface area contributed by atoms with Gasteiger partial charge in [-0.2, -0.15) is 0 Å². The number of aromatic nitrogens is 1. The monoisotopic (exact) mass is 404 g/mol. The van der Waals surface area contributed by atoms with Crippen molar-refractivity contribution >= 4 is 11.9 Å². The van der Waals surface area contributed by atoms with Crippen LogP contribution in [-0.4, -0.2) is 53.7 Å². The number of carbonyl (C=O) groups excluding carboxylic acids is 2. The second kappa shape index (κ2) is 8.65. The fraction of sp³-hybridized carbons (Fsp3) is 0.381. The van der Waals surface area contributed by atoms with E-state index in [0.29, 0.717) is 24.9 Å². The van der Waals surface area contributed by atoms with Crippen LogP contribution in [0.3, 0.4) is 0 Å². The van der Waals surface area contributed by atoms with Crippen LogP contribution in [0.4, 0.5) is 8.78 Å². The Morgan fingerprint density at radius 2 is 2.07 bits per heavy atom. The molecule has 2 heterocycles. The Balaban J connectivity index is 1.77. The van der Waals surface area contributed by atoms with E-state index in [9.17, 15) is 23.5 Å². The van der Waals surface area contributed by atoms with E-state index in [1.165, 1.54) is 37.6 Å². The van der Waals surface area contributed by atoms with Crippen LogP contribution in [0.15, 0.2) is 36.5 Å². The molecule has 1 aromatic carbocycles. The Morgan fingerprint density at radius 1 is 1.28 bits per heavy atom. The Kier molecular flexibility index (Phi) is 6.22. The third-order valence-electron chi connectivity index (χ3n) is 5.27. The summed E-state index contributed by atoms with van der Waals surface area (Å²) >= 11 is 0. The van der Waals surface area contributed by atoms with Gasteiger partial charge < -0.3 is 14.7 Å². The van der Waals surface area contributed by atoms with Crippen molar-refractivity contribution in [3.05, 3.63) is 65.0 Å². The number of carbonyl (C=O) groups is 2. The number of ether oxygens (including phenoxy) is 1. The number of rotatable bonds is 5. The van der Waals surface area contributed by atoms with Crippen LogP contribution in [0.25, 0.3) is 0 Å². The molecule has 0 bridgehead atoms. The van der Waals surface area contributed by atoms with Crippen molar-refractivity contribution in [1.82, 2.24) is 9.88 Å². The van der Waals surface area contributed by atoms with Crippen molar-refractivity contribution < 1.29 is 28.2 Å². The van der Waals surface area contributed by atoms with Gasteiger partial charge in [-0.1, -0.05) is 6.07 Å². The molecule has 1 fully saturated rings. The van der Waals surface area contributed by atoms with Crippen LogP contribution in [0.1, 0.15) is 39.3 Å². The summed E-state index contributed by atoms with van der Waals surface area (Å²) in [6.07, 6.45) is 2.71. The number of hydrogen-bond acceptors (Lipinski definition) is 5. The number of methoxy groups -OCH3 is 1. The zero-order valence-electron chi connectivity index (χ0n) is 16.0. The van der Waals surface area contributed by atoms with E-state index in [2.05, 4.69) is 9.72 Å². The van der Waals surface area contributed by atoms with Crippen LogP contribution in [0.5, 0.6) is 0 Å². The lowest BCUT2D eigenvalue weighted by Crippen LogP contribution is -2.49. The molecule has 0 radical (unpaired) electrons. The van der Waals surface area contributed by atoms with E-state index in [-0.39, 0.29) is 36.7 Å². The van der Waals surface area contributed by atoms with E-state index in [4.69, 9.17) is 0 Å². The fourth-order valence-electron chi connectivity index (χ4n) is 3.70. The van der Waals surface area contributed by atoms with Crippen molar-refractivity contribution in [2.45, 2.75) is 19.3 Å². The molecule has 1 aromatic heterocycles. The molecule has 1 unspecified atom stereocenters. The maximum atomic E-state index is 14.1. The normalized spacial score (nSPS) is 19.1. The quantitative estimate of drug-likeness (QED) is 0.775. The molecule has 1 N–H and O–H groups in total. The fourth-order valence-corrected chi connectivity index (χ4v) is 3.70. The van der Waals surface area contributed by atoms with Gasteiger partial charge in [0.1, 0.15) is 17.3 Å². The first-order valence-electron chi connectivity index (χ1n) is 9.26. The number of aliphatic hydroxyl groups excluding tert-OH is 1. The number of halogens is 2. The first-order valence-corrected chi connectivity index (χ1v) is 9.26. The summed E-state index contributed by atoms with van der Waals surface area (Å²) in [5.74, 6) is -2.21. The third kappa shape index (κ3) is 4.59. The molecule has 6 nitrogen and oxygen atoms in total. The lowest BCUT2D eigenvalue weighted by Gasteiger charge is -2.42. The second-order valence-electron chi connectivity index (χ2n) is 7.32. The molecule has 1 saturated heterocycles. The van der Waals surface area contributed by atoms with Gasteiger partial charge in [0.2, 0.25) is 0 Å². The van der Waals surface area contributed by atoms with E-state index >= 15 is 0 Å². The van der Waals surface area contributed by atoms with Gasteiger partial charge in [-0.3, -0.25) is 9.78 Å². The highest BCUT2D eigenvalue weighted by Crippen LogP contribution is 2.34. The number of piperidine rings is 1. The van der Waals surface area contributed by atoms with Crippen LogP contribution < -0.4 is 0 Å². The molecule has 0 saturated carbocycles. The summed E-state index contributed by atoms with van der Waals surface area (Å²) in [6.45, 7) is 0.467. The molecular formula is C21H22F2N2O4. The molecule has 8 heteroatoms. The van der Waals surface area contributed by atoms with Gasteiger partial charge >= 0.3 is 5.97 Å². The predicted molar refractivity (Wildman–Crippen MR) is 100 cm³/mol. The molecule has 1 aliphatic heterocycles. The van der Waals surface area contributed by atoms with Crippen LogP contribution in [-0.2, 0) is 11.2 Å². The number of nitrogens with zero attached hydrogens (tertiary/aromatic N) is 2. The lowest BCUT2D eigenvalue weighted by atomic mass is 9.75. The number of likely N-dealkylation sites (tertiary alicyclic amines) is 1. The van der Waals surface area contributed by atoms with Crippen LogP contribution >= 0.6 is 0 Å². The van der Waals surface area contributed by atoms with E-state index in [0.717, 1.165) is 6.07 Å². The molecule has 0 aliphatic carbocycles. The SMILES string of the molecule is COC(=O)c1ccc(C(=O)N2CCCC(CO)(Cc3ccc(F)cc3F)C2)nc1. The first kappa shape index (κ1) is 20.9. The van der Waals surface area contributed by atoms with Gasteiger partial charge in [-0.25, -0.2) is 13.6 Å². The lowest BCUT2D eigenvalue weighted by molar-refractivity contribution is 0.0264. The van der Waals surface area contributed by atoms with Gasteiger partial charge in [-0.15, -0.1) is 0 Å². The Bertz CT molecular complexity index is 904. The Hall–Kier alpha value is -2.87. The van der Waals surface area contributed by atoms with Gasteiger partial charge in [0.25, 0.3) is 5.91 Å². The number of benzene rings is 1. The number of esters is 1. The predicted octanol–water partition coefficient (Wildman–Crippen LogP) is 2.60. The van der Waals surface area contributed by atoms with Crippen LogP contribution in [0.2, 0.25) is 0 Å². The van der Waals surface area contributed by atoms with Crippen molar-refractivity contribution in [1.29, 1.82) is 0 Å². The highest BCUT2D eigenvalue weighted by atomic mass is 19.1. The summed E-state index contributed by atoms with van der Waals surface area (Å²) in [4.78, 5) is 30.0. The number of pyridine rings is 1. The molecule has 0 spiro atoms. The van der Waals surface area contributed by atoms with Crippen LogP contribution in [0, 0.1) is 17.0 Å². The number of hydrogen-bond donors (Lipinski definition) is 1.